The smallest absolute Gasteiger partial charge is 0.270 e. The monoisotopic (exact) mass is 483 g/mol. The van der Waals surface area contributed by atoms with Crippen LogP contribution in [0.25, 0.3) is 0 Å². The second-order valence-electron chi connectivity index (χ2n) is 8.12. The fraction of sp³-hybridized carbons (Fsp3) is 0.360. The number of nitrogens with one attached hydrogen (secondary N) is 2. The molecule has 1 heterocycles. The molecule has 2 aromatic carbocycles. The topological polar surface area (TPSA) is 162 Å². The Kier molecular flexibility index (Phi) is 10.9. The van der Waals surface area contributed by atoms with Gasteiger partial charge in [-0.25, -0.2) is 5.43 Å². The van der Waals surface area contributed by atoms with Crippen LogP contribution in [0.5, 0.6) is 0 Å². The van der Waals surface area contributed by atoms with Crippen LogP contribution >= 0.6 is 0 Å². The number of rotatable bonds is 9. The van der Waals surface area contributed by atoms with Gasteiger partial charge in [-0.1, -0.05) is 42.0 Å². The number of carboxylic acids is 1. The highest BCUT2D eigenvalue weighted by molar-refractivity contribution is 5.92. The second kappa shape index (κ2) is 13.8. The SMILES string of the molecule is CC(=O)[O-].Cc1ccc(CCNN2CCO[C@@H](CC(=O)NCc3ccc(C(N)=[NH2+])cc3)C2=O)cc1. The molecule has 0 saturated carbocycles. The van der Waals surface area contributed by atoms with Crippen molar-refractivity contribution in [1.29, 1.82) is 0 Å². The van der Waals surface area contributed by atoms with Crippen LogP contribution in [0.1, 0.15) is 35.6 Å². The van der Waals surface area contributed by atoms with Gasteiger partial charge in [0.15, 0.2) is 0 Å². The summed E-state index contributed by atoms with van der Waals surface area (Å²) in [5, 5.41) is 18.8. The molecule has 10 heteroatoms. The second-order valence-corrected chi connectivity index (χ2v) is 8.12. The molecule has 35 heavy (non-hydrogen) atoms. The molecule has 0 aliphatic carbocycles. The van der Waals surface area contributed by atoms with Gasteiger partial charge in [-0.05, 0) is 43.5 Å². The van der Waals surface area contributed by atoms with E-state index < -0.39 is 12.1 Å². The maximum atomic E-state index is 12.7. The van der Waals surface area contributed by atoms with Crippen LogP contribution in [-0.2, 0) is 32.1 Å². The molecule has 1 saturated heterocycles. The summed E-state index contributed by atoms with van der Waals surface area (Å²) in [5.41, 5.74) is 12.8. The zero-order chi connectivity index (χ0) is 25.8. The number of ether oxygens (including phenoxy) is 1. The van der Waals surface area contributed by atoms with E-state index >= 15 is 0 Å². The van der Waals surface area contributed by atoms with Crippen LogP contribution in [0, 0.1) is 6.92 Å². The molecule has 0 unspecified atom stereocenters. The highest BCUT2D eigenvalue weighted by atomic mass is 16.5. The van der Waals surface area contributed by atoms with E-state index in [1.807, 2.05) is 12.1 Å². The molecule has 10 nitrogen and oxygen atoms in total. The number of amidine groups is 1. The van der Waals surface area contributed by atoms with Crippen molar-refractivity contribution < 1.29 is 29.6 Å². The Morgan fingerprint density at radius 1 is 1.14 bits per heavy atom. The number of amides is 2. The number of morpholine rings is 1. The van der Waals surface area contributed by atoms with Crippen molar-refractivity contribution in [2.45, 2.75) is 39.3 Å². The lowest BCUT2D eigenvalue weighted by molar-refractivity contribution is -0.302. The van der Waals surface area contributed by atoms with Crippen LogP contribution in [0.2, 0.25) is 0 Å². The molecule has 0 spiro atoms. The van der Waals surface area contributed by atoms with Crippen molar-refractivity contribution in [2.75, 3.05) is 19.7 Å². The van der Waals surface area contributed by atoms with Crippen molar-refractivity contribution in [3.63, 3.8) is 0 Å². The van der Waals surface area contributed by atoms with Gasteiger partial charge < -0.3 is 20.0 Å². The lowest BCUT2D eigenvalue weighted by Crippen LogP contribution is -2.55. The van der Waals surface area contributed by atoms with Gasteiger partial charge in [0.05, 0.1) is 25.1 Å². The third-order valence-corrected chi connectivity index (χ3v) is 5.16. The summed E-state index contributed by atoms with van der Waals surface area (Å²) in [6.07, 6.45) is 0.00794. The molecule has 1 fully saturated rings. The van der Waals surface area contributed by atoms with E-state index in [0.29, 0.717) is 26.2 Å². The van der Waals surface area contributed by atoms with E-state index in [9.17, 15) is 9.59 Å². The van der Waals surface area contributed by atoms with E-state index in [0.717, 1.165) is 24.5 Å². The number of hydrogen-bond donors (Lipinski definition) is 4. The minimum absolute atomic E-state index is 0.0173. The van der Waals surface area contributed by atoms with Gasteiger partial charge in [0, 0.05) is 19.1 Å². The number of carbonyl (C=O) groups excluding carboxylic acids is 3. The summed E-state index contributed by atoms with van der Waals surface area (Å²) in [4.78, 5) is 33.9. The van der Waals surface area contributed by atoms with Gasteiger partial charge in [-0.15, -0.1) is 0 Å². The van der Waals surface area contributed by atoms with Gasteiger partial charge in [0.2, 0.25) is 5.91 Å². The molecule has 2 amide bonds. The Morgan fingerprint density at radius 2 is 1.74 bits per heavy atom. The minimum atomic E-state index is -1.08. The molecule has 0 bridgehead atoms. The first-order chi connectivity index (χ1) is 16.7. The number of carbonyl (C=O) groups is 3. The molecule has 6 N–H and O–H groups in total. The van der Waals surface area contributed by atoms with Gasteiger partial charge >= 0.3 is 0 Å². The third-order valence-electron chi connectivity index (χ3n) is 5.16. The average molecular weight is 484 g/mol. The molecule has 2 aromatic rings. The Balaban J connectivity index is 0.00000100. The number of hydrogen-bond acceptors (Lipinski definition) is 6. The van der Waals surface area contributed by atoms with Crippen molar-refractivity contribution in [1.82, 2.24) is 15.8 Å². The van der Waals surface area contributed by atoms with Crippen LogP contribution < -0.4 is 27.0 Å². The molecule has 1 aliphatic rings. The highest BCUT2D eigenvalue weighted by Crippen LogP contribution is 2.10. The molecular weight excluding hydrogens is 450 g/mol. The van der Waals surface area contributed by atoms with E-state index in [1.165, 1.54) is 11.1 Å². The number of nitrogens with zero attached hydrogens (tertiary/aromatic N) is 1. The fourth-order valence-corrected chi connectivity index (χ4v) is 3.29. The summed E-state index contributed by atoms with van der Waals surface area (Å²) in [7, 11) is 0. The summed E-state index contributed by atoms with van der Waals surface area (Å²) in [5.74, 6) is -1.29. The Labute approximate surface area is 204 Å². The fourth-order valence-electron chi connectivity index (χ4n) is 3.29. The van der Waals surface area contributed by atoms with E-state index in [2.05, 4.69) is 41.9 Å². The number of aliphatic carboxylic acids is 1. The van der Waals surface area contributed by atoms with Crippen LogP contribution in [-0.4, -0.2) is 54.4 Å². The Bertz CT molecular complexity index is 1000. The standard InChI is InChI=1S/C23H29N5O3.C2H4O2/c1-16-2-4-17(5-3-16)10-11-27-28-12-13-31-20(23(28)30)14-21(29)26-15-18-6-8-19(9-7-18)22(24)25;1-2(3)4/h2-9,20,27H,10-15H2,1H3,(H3,24,25)(H,26,29);1H3,(H,3,4)/t20-;/m0./s1. The number of nitrogens with two attached hydrogens (primary N) is 2. The largest absolute Gasteiger partial charge is 0.550 e. The lowest BCUT2D eigenvalue weighted by Gasteiger charge is -2.32. The van der Waals surface area contributed by atoms with Crippen molar-refractivity contribution in [3.8, 4) is 0 Å². The maximum absolute atomic E-state index is 12.7. The van der Waals surface area contributed by atoms with Crippen LogP contribution in [0.3, 0.4) is 0 Å². The summed E-state index contributed by atoms with van der Waals surface area (Å²) in [6, 6.07) is 15.6. The van der Waals surface area contributed by atoms with Crippen LogP contribution in [0.4, 0.5) is 0 Å². The maximum Gasteiger partial charge on any atom is 0.270 e. The first-order valence-electron chi connectivity index (χ1n) is 11.3. The predicted molar refractivity (Wildman–Crippen MR) is 128 cm³/mol. The highest BCUT2D eigenvalue weighted by Gasteiger charge is 2.31. The zero-order valence-corrected chi connectivity index (χ0v) is 20.1. The average Bonchev–Trinajstić information content (AvgIpc) is 2.81. The minimum Gasteiger partial charge on any atom is -0.550 e. The number of benzene rings is 2. The van der Waals surface area contributed by atoms with Gasteiger partial charge in [0.1, 0.15) is 6.10 Å². The normalized spacial score (nSPS) is 15.1. The van der Waals surface area contributed by atoms with E-state index in [-0.39, 0.29) is 24.1 Å². The Hall–Kier alpha value is -3.76. The first-order valence-corrected chi connectivity index (χ1v) is 11.3. The molecule has 0 radical (unpaired) electrons. The molecule has 188 valence electrons. The van der Waals surface area contributed by atoms with Crippen molar-refractivity contribution in [3.05, 3.63) is 70.8 Å². The number of aryl methyl sites for hydroxylation is 1. The van der Waals surface area contributed by atoms with Crippen LogP contribution in [0.15, 0.2) is 48.5 Å². The van der Waals surface area contributed by atoms with Gasteiger partial charge in [-0.2, -0.15) is 0 Å². The lowest BCUT2D eigenvalue weighted by atomic mass is 10.1. The van der Waals surface area contributed by atoms with E-state index in [1.54, 1.807) is 17.1 Å². The molecule has 3 rings (SSSR count). The van der Waals surface area contributed by atoms with Gasteiger partial charge in [0.25, 0.3) is 11.7 Å². The third kappa shape index (κ3) is 9.95. The molecule has 1 aliphatic heterocycles. The first kappa shape index (κ1) is 27.5. The van der Waals surface area contributed by atoms with Crippen molar-refractivity contribution in [2.24, 2.45) is 5.73 Å². The number of carboxylic acid groups (broad SMARTS) is 1. The predicted octanol–water partition coefficient (Wildman–Crippen LogP) is -1.80. The molecule has 1 atom stereocenters. The summed E-state index contributed by atoms with van der Waals surface area (Å²) < 4.78 is 5.54. The van der Waals surface area contributed by atoms with Gasteiger partial charge in [-0.3, -0.25) is 25.7 Å². The zero-order valence-electron chi connectivity index (χ0n) is 20.1. The van der Waals surface area contributed by atoms with Crippen molar-refractivity contribution >= 4 is 23.6 Å². The molecule has 0 aromatic heterocycles. The Morgan fingerprint density at radius 3 is 2.34 bits per heavy atom. The summed E-state index contributed by atoms with van der Waals surface area (Å²) >= 11 is 0. The quantitative estimate of drug-likeness (QED) is 0.241. The van der Waals surface area contributed by atoms with E-state index in [4.69, 9.17) is 25.8 Å². The molecular formula is C25H33N5O5. The summed E-state index contributed by atoms with van der Waals surface area (Å²) in [6.45, 7) is 4.85. The number of hydrazine groups is 1.